The molecule has 0 fully saturated rings. The Kier molecular flexibility index (Phi) is 4.89. The fourth-order valence-electron chi connectivity index (χ4n) is 2.12. The van der Waals surface area contributed by atoms with Gasteiger partial charge in [0.25, 0.3) is 0 Å². The monoisotopic (exact) mass is 349 g/mol. The molecule has 24 heavy (non-hydrogen) atoms. The first-order valence-corrected chi connectivity index (χ1v) is 7.56. The predicted octanol–water partition coefficient (Wildman–Crippen LogP) is 2.86. The van der Waals surface area contributed by atoms with Gasteiger partial charge in [0.15, 0.2) is 4.93 Å². The number of carbonyl (C=O) groups is 2. The number of aromatic hydroxyl groups is 2. The summed E-state index contributed by atoms with van der Waals surface area (Å²) in [4.78, 5) is 21.4. The highest BCUT2D eigenvalue weighted by Crippen LogP contribution is 2.46. The number of nitrogens with two attached hydrogens (primary N) is 1. The number of hydrogen-bond donors (Lipinski definition) is 4. The Morgan fingerprint density at radius 3 is 2.25 bits per heavy atom. The molecular formula is C16H15NO6S. The summed E-state index contributed by atoms with van der Waals surface area (Å²) in [5.41, 5.74) is 5.47. The normalized spacial score (nSPS) is 13.0. The van der Waals surface area contributed by atoms with Crippen molar-refractivity contribution in [3.05, 3.63) is 53.6 Å². The van der Waals surface area contributed by atoms with E-state index in [0.717, 1.165) is 17.8 Å². The molecule has 126 valence electrons. The van der Waals surface area contributed by atoms with Gasteiger partial charge in [-0.2, -0.15) is 0 Å². The van der Waals surface area contributed by atoms with Crippen LogP contribution in [0.25, 0.3) is 0 Å². The molecule has 0 aromatic heterocycles. The first-order chi connectivity index (χ1) is 11.2. The van der Waals surface area contributed by atoms with Crippen LogP contribution in [0.4, 0.5) is 4.79 Å². The second kappa shape index (κ2) is 6.71. The number of amides is 1. The number of thioether (sulfide) groups is 1. The predicted molar refractivity (Wildman–Crippen MR) is 87.1 cm³/mol. The standard InChI is InChI=1S/C16H15NO6S/c1-16(23-15(17)22,12-7-4-10(18)8-13(12)19)24-11-5-2-9(3-6-11)14(20)21/h2-8,18-19H,1H3,(H2,17,22)(H,20,21). The van der Waals surface area contributed by atoms with Gasteiger partial charge < -0.3 is 25.8 Å². The van der Waals surface area contributed by atoms with Crippen LogP contribution in [0.3, 0.4) is 0 Å². The van der Waals surface area contributed by atoms with Crippen LogP contribution in [-0.2, 0) is 9.67 Å². The molecule has 5 N–H and O–H groups in total. The minimum absolute atomic E-state index is 0.115. The van der Waals surface area contributed by atoms with Crippen LogP contribution in [0, 0.1) is 0 Å². The number of ether oxygens (including phenoxy) is 1. The van der Waals surface area contributed by atoms with Crippen molar-refractivity contribution in [2.45, 2.75) is 16.8 Å². The Bertz CT molecular complexity index is 777. The molecule has 1 amide bonds. The maximum absolute atomic E-state index is 11.3. The van der Waals surface area contributed by atoms with Crippen molar-refractivity contribution in [2.75, 3.05) is 0 Å². The maximum atomic E-state index is 11.3. The van der Waals surface area contributed by atoms with Crippen molar-refractivity contribution in [3.8, 4) is 11.5 Å². The number of phenols is 2. The number of phenolic OH excluding ortho intramolecular Hbond substituents is 2. The van der Waals surface area contributed by atoms with Gasteiger partial charge in [0, 0.05) is 16.5 Å². The Morgan fingerprint density at radius 1 is 1.12 bits per heavy atom. The molecular weight excluding hydrogens is 334 g/mol. The summed E-state index contributed by atoms with van der Waals surface area (Å²) >= 11 is 1.06. The highest BCUT2D eigenvalue weighted by molar-refractivity contribution is 8.00. The van der Waals surface area contributed by atoms with E-state index < -0.39 is 17.0 Å². The number of rotatable bonds is 5. The Hall–Kier alpha value is -2.87. The first-order valence-electron chi connectivity index (χ1n) is 6.74. The lowest BCUT2D eigenvalue weighted by molar-refractivity contribution is 0.0696. The van der Waals surface area contributed by atoms with Crippen molar-refractivity contribution < 1.29 is 29.6 Å². The fraction of sp³-hybridized carbons (Fsp3) is 0.125. The second-order valence-electron chi connectivity index (χ2n) is 5.00. The van der Waals surface area contributed by atoms with E-state index in [1.54, 1.807) is 12.1 Å². The van der Waals surface area contributed by atoms with Gasteiger partial charge in [-0.25, -0.2) is 9.59 Å². The molecule has 0 saturated carbocycles. The van der Waals surface area contributed by atoms with E-state index in [1.165, 1.54) is 31.2 Å². The average Bonchev–Trinajstić information content (AvgIpc) is 2.46. The van der Waals surface area contributed by atoms with Crippen LogP contribution in [0.15, 0.2) is 47.4 Å². The summed E-state index contributed by atoms with van der Waals surface area (Å²) in [6, 6.07) is 9.78. The maximum Gasteiger partial charge on any atom is 0.406 e. The minimum atomic E-state index is -1.38. The molecule has 2 aromatic carbocycles. The molecule has 1 unspecified atom stereocenters. The van der Waals surface area contributed by atoms with Crippen molar-refractivity contribution >= 4 is 23.8 Å². The van der Waals surface area contributed by atoms with E-state index in [1.807, 2.05) is 0 Å². The van der Waals surface area contributed by atoms with E-state index in [2.05, 4.69) is 0 Å². The highest BCUT2D eigenvalue weighted by Gasteiger charge is 2.35. The quantitative estimate of drug-likeness (QED) is 0.482. The lowest BCUT2D eigenvalue weighted by atomic mass is 10.1. The summed E-state index contributed by atoms with van der Waals surface area (Å²) in [5, 5.41) is 28.4. The van der Waals surface area contributed by atoms with Gasteiger partial charge in [0.2, 0.25) is 0 Å². The second-order valence-corrected chi connectivity index (χ2v) is 6.45. The zero-order valence-electron chi connectivity index (χ0n) is 12.6. The molecule has 0 aliphatic rings. The molecule has 0 spiro atoms. The number of primary amides is 1. The molecule has 0 heterocycles. The number of carboxylic acids is 1. The molecule has 0 bridgehead atoms. The van der Waals surface area contributed by atoms with Crippen LogP contribution < -0.4 is 5.73 Å². The lowest BCUT2D eigenvalue weighted by Gasteiger charge is -2.29. The van der Waals surface area contributed by atoms with Gasteiger partial charge in [-0.15, -0.1) is 0 Å². The minimum Gasteiger partial charge on any atom is -0.508 e. The lowest BCUT2D eigenvalue weighted by Crippen LogP contribution is -2.29. The fourth-order valence-corrected chi connectivity index (χ4v) is 3.25. The van der Waals surface area contributed by atoms with Gasteiger partial charge in [-0.1, -0.05) is 11.8 Å². The third-order valence-corrected chi connectivity index (χ3v) is 4.38. The molecule has 8 heteroatoms. The van der Waals surface area contributed by atoms with E-state index in [9.17, 15) is 19.8 Å². The van der Waals surface area contributed by atoms with Crippen LogP contribution in [0.2, 0.25) is 0 Å². The van der Waals surface area contributed by atoms with E-state index in [0.29, 0.717) is 4.90 Å². The first kappa shape index (κ1) is 17.5. The van der Waals surface area contributed by atoms with Crippen molar-refractivity contribution in [2.24, 2.45) is 5.73 Å². The van der Waals surface area contributed by atoms with Crippen molar-refractivity contribution in [1.82, 2.24) is 0 Å². The zero-order valence-corrected chi connectivity index (χ0v) is 13.4. The summed E-state index contributed by atoms with van der Waals surface area (Å²) in [6.07, 6.45) is -1.04. The van der Waals surface area contributed by atoms with Gasteiger partial charge in [-0.3, -0.25) is 0 Å². The Morgan fingerprint density at radius 2 is 1.75 bits per heavy atom. The SMILES string of the molecule is CC(OC(N)=O)(Sc1ccc(C(=O)O)cc1)c1ccc(O)cc1O. The van der Waals surface area contributed by atoms with Gasteiger partial charge in [0.05, 0.1) is 5.56 Å². The third kappa shape index (κ3) is 3.90. The van der Waals surface area contributed by atoms with Crippen molar-refractivity contribution in [1.29, 1.82) is 0 Å². The van der Waals surface area contributed by atoms with Crippen LogP contribution >= 0.6 is 11.8 Å². The largest absolute Gasteiger partial charge is 0.508 e. The molecule has 0 aliphatic heterocycles. The third-order valence-electron chi connectivity index (χ3n) is 3.18. The van der Waals surface area contributed by atoms with Crippen molar-refractivity contribution in [3.63, 3.8) is 0 Å². The molecule has 2 aromatic rings. The number of aromatic carboxylic acids is 1. The number of hydrogen-bond acceptors (Lipinski definition) is 6. The van der Waals surface area contributed by atoms with E-state index >= 15 is 0 Å². The highest BCUT2D eigenvalue weighted by atomic mass is 32.2. The average molecular weight is 349 g/mol. The number of carboxylic acid groups (broad SMARTS) is 1. The topological polar surface area (TPSA) is 130 Å². The summed E-state index contributed by atoms with van der Waals surface area (Å²) < 4.78 is 5.17. The summed E-state index contributed by atoms with van der Waals surface area (Å²) in [6.45, 7) is 1.53. The molecule has 0 saturated heterocycles. The molecule has 7 nitrogen and oxygen atoms in total. The Labute approximate surface area is 141 Å². The summed E-state index contributed by atoms with van der Waals surface area (Å²) in [7, 11) is 0. The smallest absolute Gasteiger partial charge is 0.406 e. The molecule has 2 rings (SSSR count). The van der Waals surface area contributed by atoms with Crippen LogP contribution in [0.1, 0.15) is 22.8 Å². The zero-order chi connectivity index (χ0) is 17.9. The Balaban J connectivity index is 2.40. The summed E-state index contributed by atoms with van der Waals surface area (Å²) in [5.74, 6) is -1.47. The van der Waals surface area contributed by atoms with Crippen LogP contribution in [-0.4, -0.2) is 27.4 Å². The number of carbonyl (C=O) groups excluding carboxylic acids is 1. The van der Waals surface area contributed by atoms with E-state index in [-0.39, 0.29) is 22.6 Å². The van der Waals surface area contributed by atoms with Gasteiger partial charge in [0.1, 0.15) is 11.5 Å². The molecule has 1 atom stereocenters. The van der Waals surface area contributed by atoms with Crippen LogP contribution in [0.5, 0.6) is 11.5 Å². The number of benzene rings is 2. The van der Waals surface area contributed by atoms with E-state index in [4.69, 9.17) is 15.6 Å². The molecule has 0 aliphatic carbocycles. The van der Waals surface area contributed by atoms with Gasteiger partial charge >= 0.3 is 12.1 Å². The molecule has 0 radical (unpaired) electrons. The van der Waals surface area contributed by atoms with Gasteiger partial charge in [-0.05, 0) is 43.3 Å².